The van der Waals surface area contributed by atoms with E-state index in [0.29, 0.717) is 0 Å². The van der Waals surface area contributed by atoms with Crippen LogP contribution in [0.2, 0.25) is 0 Å². The molecule has 0 aromatic heterocycles. The molecule has 2 unspecified atom stereocenters. The van der Waals surface area contributed by atoms with E-state index in [1.54, 1.807) is 28.1 Å². The molecule has 2 atom stereocenters. The molecule has 0 aromatic carbocycles. The molecule has 5 N–H and O–H groups in total. The van der Waals surface area contributed by atoms with Crippen LogP contribution < -0.4 is 16.0 Å². The van der Waals surface area contributed by atoms with Crippen molar-refractivity contribution in [1.82, 2.24) is 16.0 Å². The molecular weight excluding hydrogens is 170 g/mol. The maximum atomic E-state index is 9.49. The van der Waals surface area contributed by atoms with Crippen LogP contribution in [0, 0.1) is 0 Å². The van der Waals surface area contributed by atoms with E-state index in [9.17, 15) is 10.2 Å². The first-order valence-electron chi connectivity index (χ1n) is 4.42. The minimum atomic E-state index is -0.692. The third-order valence-electron chi connectivity index (χ3n) is 2.47. The maximum Gasteiger partial charge on any atom is 0.110 e. The Balaban J connectivity index is 4.65. The number of nitrogens with one attached hydrogen (secondary N) is 3. The lowest BCUT2D eigenvalue weighted by molar-refractivity contribution is 0.0377. The van der Waals surface area contributed by atoms with Crippen molar-refractivity contribution in [3.8, 4) is 0 Å². The molecule has 0 radical (unpaired) electrons. The van der Waals surface area contributed by atoms with Crippen LogP contribution in [-0.4, -0.2) is 55.8 Å². The summed E-state index contributed by atoms with van der Waals surface area (Å²) in [7, 11) is 5.22. The molecule has 0 bridgehead atoms. The maximum absolute atomic E-state index is 9.49. The third-order valence-corrected chi connectivity index (χ3v) is 2.47. The van der Waals surface area contributed by atoms with E-state index in [1.807, 2.05) is 0 Å². The van der Waals surface area contributed by atoms with Gasteiger partial charge in [-0.05, 0) is 28.1 Å². The van der Waals surface area contributed by atoms with Crippen molar-refractivity contribution in [2.45, 2.75) is 24.7 Å². The summed E-state index contributed by atoms with van der Waals surface area (Å²) in [4.78, 5) is 0. The molecule has 0 heterocycles. The van der Waals surface area contributed by atoms with Gasteiger partial charge in [-0.2, -0.15) is 0 Å². The Hall–Kier alpha value is -0.200. The van der Waals surface area contributed by atoms with E-state index in [1.165, 1.54) is 0 Å². The molecule has 80 valence electrons. The lowest BCUT2D eigenvalue weighted by atomic mass is 9.96. The van der Waals surface area contributed by atoms with Crippen molar-refractivity contribution in [3.63, 3.8) is 0 Å². The van der Waals surface area contributed by atoms with E-state index in [0.717, 1.165) is 0 Å². The normalized spacial score (nSPS) is 17.1. The number of hydrogen-bond donors (Lipinski definition) is 5. The van der Waals surface area contributed by atoms with E-state index >= 15 is 0 Å². The number of aliphatic hydroxyl groups excluding tert-OH is 2. The largest absolute Gasteiger partial charge is 0.393 e. The van der Waals surface area contributed by atoms with E-state index in [-0.39, 0.29) is 12.6 Å². The molecule has 0 amide bonds. The molecule has 5 nitrogen and oxygen atoms in total. The van der Waals surface area contributed by atoms with E-state index in [4.69, 9.17) is 0 Å². The minimum Gasteiger partial charge on any atom is -0.393 e. The van der Waals surface area contributed by atoms with Crippen LogP contribution in [0.3, 0.4) is 0 Å². The highest BCUT2D eigenvalue weighted by molar-refractivity contribution is 4.96. The van der Waals surface area contributed by atoms with Crippen LogP contribution in [0.1, 0.15) is 6.92 Å². The van der Waals surface area contributed by atoms with Gasteiger partial charge in [0.2, 0.25) is 0 Å². The third kappa shape index (κ3) is 2.62. The van der Waals surface area contributed by atoms with Crippen LogP contribution in [0.15, 0.2) is 0 Å². The molecule has 0 saturated heterocycles. The number of aliphatic hydroxyl groups is 2. The minimum absolute atomic E-state index is 0.101. The van der Waals surface area contributed by atoms with Crippen LogP contribution in [-0.2, 0) is 0 Å². The van der Waals surface area contributed by atoms with Crippen LogP contribution in [0.25, 0.3) is 0 Å². The Kier molecular flexibility index (Phi) is 5.43. The van der Waals surface area contributed by atoms with Gasteiger partial charge < -0.3 is 15.5 Å². The second-order valence-corrected chi connectivity index (χ2v) is 3.14. The first kappa shape index (κ1) is 12.8. The molecule has 5 heteroatoms. The zero-order valence-electron chi connectivity index (χ0n) is 8.76. The smallest absolute Gasteiger partial charge is 0.110 e. The van der Waals surface area contributed by atoms with E-state index < -0.39 is 11.8 Å². The summed E-state index contributed by atoms with van der Waals surface area (Å²) >= 11 is 0. The fourth-order valence-electron chi connectivity index (χ4n) is 1.59. The summed E-state index contributed by atoms with van der Waals surface area (Å²) in [6.45, 7) is 1.58. The summed E-state index contributed by atoms with van der Waals surface area (Å²) < 4.78 is 0. The highest BCUT2D eigenvalue weighted by atomic mass is 16.3. The molecule has 13 heavy (non-hydrogen) atoms. The fourth-order valence-corrected chi connectivity index (χ4v) is 1.59. The van der Waals surface area contributed by atoms with E-state index in [2.05, 4.69) is 16.0 Å². The number of rotatable bonds is 6. The SMILES string of the molecule is CNC(C(C)O)C(CO)(NC)NC. The van der Waals surface area contributed by atoms with Crippen molar-refractivity contribution in [1.29, 1.82) is 0 Å². The van der Waals surface area contributed by atoms with Crippen LogP contribution in [0.5, 0.6) is 0 Å². The van der Waals surface area contributed by atoms with Crippen molar-refractivity contribution >= 4 is 0 Å². The Morgan fingerprint density at radius 1 is 1.23 bits per heavy atom. The summed E-state index contributed by atoms with van der Waals surface area (Å²) in [6.07, 6.45) is -0.558. The van der Waals surface area contributed by atoms with Crippen molar-refractivity contribution in [2.75, 3.05) is 27.7 Å². The van der Waals surface area contributed by atoms with Crippen molar-refractivity contribution < 1.29 is 10.2 Å². The summed E-state index contributed by atoms with van der Waals surface area (Å²) in [5, 5.41) is 27.6. The molecular formula is C8H21N3O2. The Bertz CT molecular complexity index is 129. The standard InChI is InChI=1S/C8H21N3O2/c1-6(13)7(9-2)8(5-12,10-3)11-4/h6-7,9-13H,5H2,1-4H3. The second-order valence-electron chi connectivity index (χ2n) is 3.14. The van der Waals surface area contributed by atoms with Gasteiger partial charge >= 0.3 is 0 Å². The van der Waals surface area contributed by atoms with Gasteiger partial charge in [0.25, 0.3) is 0 Å². The van der Waals surface area contributed by atoms with Gasteiger partial charge in [-0.25, -0.2) is 0 Å². The first-order valence-corrected chi connectivity index (χ1v) is 4.42. The molecule has 0 fully saturated rings. The van der Waals surface area contributed by atoms with Gasteiger partial charge in [-0.1, -0.05) is 0 Å². The lowest BCUT2D eigenvalue weighted by Crippen LogP contribution is -2.70. The summed E-state index contributed by atoms with van der Waals surface area (Å²) in [6, 6.07) is -0.257. The van der Waals surface area contributed by atoms with Gasteiger partial charge in [0.1, 0.15) is 5.66 Å². The molecule has 0 spiro atoms. The fraction of sp³-hybridized carbons (Fsp3) is 1.00. The quantitative estimate of drug-likeness (QED) is 0.317. The van der Waals surface area contributed by atoms with Gasteiger partial charge in [0.15, 0.2) is 0 Å². The summed E-state index contributed by atoms with van der Waals surface area (Å²) in [5.74, 6) is 0. The zero-order valence-corrected chi connectivity index (χ0v) is 8.76. The predicted molar refractivity (Wildman–Crippen MR) is 52.5 cm³/mol. The predicted octanol–water partition coefficient (Wildman–Crippen LogP) is -1.92. The van der Waals surface area contributed by atoms with Gasteiger partial charge in [0, 0.05) is 0 Å². The van der Waals surface area contributed by atoms with Gasteiger partial charge in [-0.15, -0.1) is 0 Å². The average molecular weight is 191 g/mol. The average Bonchev–Trinajstić information content (AvgIpc) is 2.13. The number of likely N-dealkylation sites (N-methyl/N-ethyl adjacent to an activating group) is 3. The van der Waals surface area contributed by atoms with Crippen molar-refractivity contribution in [3.05, 3.63) is 0 Å². The molecule has 0 aromatic rings. The highest BCUT2D eigenvalue weighted by Crippen LogP contribution is 2.09. The lowest BCUT2D eigenvalue weighted by Gasteiger charge is -2.40. The Labute approximate surface area is 79.5 Å². The number of hydrogen-bond acceptors (Lipinski definition) is 5. The van der Waals surface area contributed by atoms with Crippen LogP contribution in [0.4, 0.5) is 0 Å². The molecule has 0 aliphatic heterocycles. The van der Waals surface area contributed by atoms with Gasteiger partial charge in [-0.3, -0.25) is 10.6 Å². The Morgan fingerprint density at radius 3 is 1.77 bits per heavy atom. The zero-order chi connectivity index (χ0) is 10.5. The second kappa shape index (κ2) is 5.51. The van der Waals surface area contributed by atoms with Crippen LogP contribution >= 0.6 is 0 Å². The molecule has 0 rings (SSSR count). The molecule has 0 aliphatic rings. The topological polar surface area (TPSA) is 76.5 Å². The monoisotopic (exact) mass is 191 g/mol. The van der Waals surface area contributed by atoms with Gasteiger partial charge in [0.05, 0.1) is 18.8 Å². The first-order chi connectivity index (χ1) is 6.07. The molecule has 0 saturated carbocycles. The molecule has 0 aliphatic carbocycles. The Morgan fingerprint density at radius 2 is 1.69 bits per heavy atom. The van der Waals surface area contributed by atoms with Crippen molar-refractivity contribution in [2.24, 2.45) is 0 Å². The highest BCUT2D eigenvalue weighted by Gasteiger charge is 2.37. The summed E-state index contributed by atoms with van der Waals surface area (Å²) in [5.41, 5.74) is -0.692.